The molecule has 0 aliphatic carbocycles. The molecule has 1 unspecified atom stereocenters. The molecule has 1 aliphatic rings. The fourth-order valence-electron chi connectivity index (χ4n) is 2.17. The molecule has 2 heterocycles. The summed E-state index contributed by atoms with van der Waals surface area (Å²) in [6.45, 7) is 4.61. The summed E-state index contributed by atoms with van der Waals surface area (Å²) in [5.74, 6) is 1.49. The lowest BCUT2D eigenvalue weighted by Crippen LogP contribution is -2.18. The van der Waals surface area contributed by atoms with E-state index in [1.807, 2.05) is 13.0 Å². The minimum Gasteiger partial charge on any atom is -0.490 e. The number of hydrogen-bond donors (Lipinski definition) is 0. The Kier molecular flexibility index (Phi) is 2.42. The standard InChI is InChI=1S/C13H15NO3/c1-3-15-13-10-6-9-5-4-8(2)16-11(9)7-12(10)17-14-13/h6-8H,3-5H2,1-2H3. The first-order chi connectivity index (χ1) is 8.28. The van der Waals surface area contributed by atoms with Crippen LogP contribution in [0.1, 0.15) is 25.8 Å². The molecule has 0 fully saturated rings. The van der Waals surface area contributed by atoms with E-state index in [1.54, 1.807) is 0 Å². The maximum Gasteiger partial charge on any atom is 0.262 e. The van der Waals surface area contributed by atoms with Crippen molar-refractivity contribution in [3.8, 4) is 11.6 Å². The minimum absolute atomic E-state index is 0.272. The van der Waals surface area contributed by atoms with Gasteiger partial charge in [0.05, 0.1) is 18.1 Å². The molecular weight excluding hydrogens is 218 g/mol. The van der Waals surface area contributed by atoms with Crippen molar-refractivity contribution in [1.82, 2.24) is 5.16 Å². The molecule has 17 heavy (non-hydrogen) atoms. The lowest BCUT2D eigenvalue weighted by molar-refractivity contribution is 0.192. The molecule has 90 valence electrons. The largest absolute Gasteiger partial charge is 0.490 e. The zero-order valence-corrected chi connectivity index (χ0v) is 10.0. The van der Waals surface area contributed by atoms with Crippen LogP contribution < -0.4 is 9.47 Å². The maximum absolute atomic E-state index is 5.78. The van der Waals surface area contributed by atoms with Crippen LogP contribution in [-0.2, 0) is 6.42 Å². The van der Waals surface area contributed by atoms with Crippen molar-refractivity contribution in [3.05, 3.63) is 17.7 Å². The third-order valence-electron chi connectivity index (χ3n) is 3.05. The van der Waals surface area contributed by atoms with Gasteiger partial charge < -0.3 is 14.0 Å². The number of nitrogens with zero attached hydrogens (tertiary/aromatic N) is 1. The van der Waals surface area contributed by atoms with Crippen molar-refractivity contribution in [2.45, 2.75) is 32.8 Å². The van der Waals surface area contributed by atoms with Gasteiger partial charge in [-0.05, 0) is 43.5 Å². The Bertz CT molecular complexity index is 547. The van der Waals surface area contributed by atoms with E-state index >= 15 is 0 Å². The summed E-state index contributed by atoms with van der Waals surface area (Å²) in [7, 11) is 0. The first-order valence-electron chi connectivity index (χ1n) is 5.99. The van der Waals surface area contributed by atoms with Crippen LogP contribution in [0.2, 0.25) is 0 Å². The second-order valence-electron chi connectivity index (χ2n) is 4.34. The Morgan fingerprint density at radius 3 is 3.18 bits per heavy atom. The minimum atomic E-state index is 0.272. The fraction of sp³-hybridized carbons (Fsp3) is 0.462. The summed E-state index contributed by atoms with van der Waals surface area (Å²) >= 11 is 0. The summed E-state index contributed by atoms with van der Waals surface area (Å²) in [4.78, 5) is 0. The number of rotatable bonds is 2. The van der Waals surface area contributed by atoms with Crippen LogP contribution in [0.5, 0.6) is 11.6 Å². The average Bonchev–Trinajstić information content (AvgIpc) is 2.70. The van der Waals surface area contributed by atoms with Crippen molar-refractivity contribution < 1.29 is 14.0 Å². The highest BCUT2D eigenvalue weighted by atomic mass is 16.5. The molecule has 3 rings (SSSR count). The van der Waals surface area contributed by atoms with E-state index in [1.165, 1.54) is 5.56 Å². The quantitative estimate of drug-likeness (QED) is 0.800. The number of benzene rings is 1. The van der Waals surface area contributed by atoms with Gasteiger partial charge in [-0.3, -0.25) is 0 Å². The Hall–Kier alpha value is -1.71. The van der Waals surface area contributed by atoms with E-state index in [9.17, 15) is 0 Å². The van der Waals surface area contributed by atoms with Gasteiger partial charge in [0.25, 0.3) is 5.88 Å². The van der Waals surface area contributed by atoms with Crippen molar-refractivity contribution in [1.29, 1.82) is 0 Å². The van der Waals surface area contributed by atoms with Gasteiger partial charge >= 0.3 is 0 Å². The van der Waals surface area contributed by atoms with Gasteiger partial charge in [0.1, 0.15) is 5.75 Å². The summed E-state index contributed by atoms with van der Waals surface area (Å²) in [6, 6.07) is 3.98. The number of aromatic nitrogens is 1. The lowest BCUT2D eigenvalue weighted by Gasteiger charge is -2.22. The molecule has 1 aromatic carbocycles. The normalized spacial score (nSPS) is 18.8. The number of ether oxygens (including phenoxy) is 2. The van der Waals surface area contributed by atoms with Gasteiger partial charge in [-0.2, -0.15) is 0 Å². The molecule has 4 nitrogen and oxygen atoms in total. The first-order valence-corrected chi connectivity index (χ1v) is 5.99. The summed E-state index contributed by atoms with van der Waals surface area (Å²) in [5, 5.41) is 4.86. The van der Waals surface area contributed by atoms with Gasteiger partial charge in [0.2, 0.25) is 0 Å². The van der Waals surface area contributed by atoms with Crippen molar-refractivity contribution in [2.24, 2.45) is 0 Å². The van der Waals surface area contributed by atoms with Crippen LogP contribution in [0.15, 0.2) is 16.7 Å². The zero-order valence-electron chi connectivity index (χ0n) is 10.0. The highest BCUT2D eigenvalue weighted by Crippen LogP contribution is 2.35. The molecule has 0 amide bonds. The van der Waals surface area contributed by atoms with E-state index in [0.29, 0.717) is 12.5 Å². The van der Waals surface area contributed by atoms with Gasteiger partial charge in [0, 0.05) is 6.07 Å². The third kappa shape index (κ3) is 1.73. The van der Waals surface area contributed by atoms with Crippen LogP contribution in [0.25, 0.3) is 11.0 Å². The molecule has 0 radical (unpaired) electrons. The fourth-order valence-corrected chi connectivity index (χ4v) is 2.17. The monoisotopic (exact) mass is 233 g/mol. The van der Waals surface area contributed by atoms with Gasteiger partial charge in [0.15, 0.2) is 5.58 Å². The molecule has 4 heteroatoms. The SMILES string of the molecule is CCOc1noc2cc3c(cc12)CCC(C)O3. The van der Waals surface area contributed by atoms with Crippen molar-refractivity contribution in [3.63, 3.8) is 0 Å². The lowest BCUT2D eigenvalue weighted by atomic mass is 10.0. The predicted molar refractivity (Wildman–Crippen MR) is 63.6 cm³/mol. The molecule has 0 saturated carbocycles. The van der Waals surface area contributed by atoms with E-state index in [0.717, 1.165) is 29.6 Å². The zero-order chi connectivity index (χ0) is 11.8. The number of aryl methyl sites for hydroxylation is 1. The van der Waals surface area contributed by atoms with Gasteiger partial charge in [-0.25, -0.2) is 0 Å². The van der Waals surface area contributed by atoms with E-state index in [4.69, 9.17) is 14.0 Å². The molecule has 0 spiro atoms. The highest BCUT2D eigenvalue weighted by molar-refractivity contribution is 5.84. The van der Waals surface area contributed by atoms with Crippen LogP contribution in [0, 0.1) is 0 Å². The Labute approximate surface area is 99.5 Å². The highest BCUT2D eigenvalue weighted by Gasteiger charge is 2.20. The molecule has 1 aliphatic heterocycles. The van der Waals surface area contributed by atoms with Crippen molar-refractivity contribution >= 4 is 11.0 Å². The molecule has 1 atom stereocenters. The molecule has 1 aromatic heterocycles. The van der Waals surface area contributed by atoms with Gasteiger partial charge in [-0.15, -0.1) is 0 Å². The Morgan fingerprint density at radius 1 is 1.47 bits per heavy atom. The molecule has 0 saturated heterocycles. The van der Waals surface area contributed by atoms with E-state index in [2.05, 4.69) is 18.1 Å². The number of hydrogen-bond acceptors (Lipinski definition) is 4. The molecule has 0 N–H and O–H groups in total. The summed E-state index contributed by atoms with van der Waals surface area (Å²) in [5.41, 5.74) is 1.93. The van der Waals surface area contributed by atoms with E-state index in [-0.39, 0.29) is 6.10 Å². The summed E-state index contributed by atoms with van der Waals surface area (Å²) < 4.78 is 16.5. The van der Waals surface area contributed by atoms with Crippen LogP contribution in [0.4, 0.5) is 0 Å². The smallest absolute Gasteiger partial charge is 0.262 e. The Balaban J connectivity index is 2.10. The second-order valence-corrected chi connectivity index (χ2v) is 4.34. The number of fused-ring (bicyclic) bond motifs is 2. The molecule has 2 aromatic rings. The van der Waals surface area contributed by atoms with Crippen LogP contribution >= 0.6 is 0 Å². The van der Waals surface area contributed by atoms with Crippen LogP contribution in [-0.4, -0.2) is 17.9 Å². The molecular formula is C13H15NO3. The van der Waals surface area contributed by atoms with Crippen molar-refractivity contribution in [2.75, 3.05) is 6.61 Å². The predicted octanol–water partition coefficient (Wildman–Crippen LogP) is 2.94. The second kappa shape index (κ2) is 3.95. The van der Waals surface area contributed by atoms with Gasteiger partial charge in [-0.1, -0.05) is 0 Å². The summed E-state index contributed by atoms with van der Waals surface area (Å²) in [6.07, 6.45) is 2.35. The third-order valence-corrected chi connectivity index (χ3v) is 3.05. The first kappa shape index (κ1) is 10.4. The van der Waals surface area contributed by atoms with E-state index < -0.39 is 0 Å². The molecule has 0 bridgehead atoms. The maximum atomic E-state index is 5.78. The topological polar surface area (TPSA) is 44.5 Å². The average molecular weight is 233 g/mol. The Morgan fingerprint density at radius 2 is 2.35 bits per heavy atom. The van der Waals surface area contributed by atoms with Crippen LogP contribution in [0.3, 0.4) is 0 Å².